The number of hydrogen-bond acceptors (Lipinski definition) is 10. The average Bonchev–Trinajstić information content (AvgIpc) is 3.24. The van der Waals surface area contributed by atoms with E-state index in [-0.39, 0.29) is 11.7 Å². The summed E-state index contributed by atoms with van der Waals surface area (Å²) in [4.78, 5) is 39.0. The van der Waals surface area contributed by atoms with Gasteiger partial charge in [0.2, 0.25) is 5.88 Å². The van der Waals surface area contributed by atoms with E-state index in [0.717, 1.165) is 0 Å². The predicted octanol–water partition coefficient (Wildman–Crippen LogP) is 0.971. The Hall–Kier alpha value is -3.93. The van der Waals surface area contributed by atoms with Gasteiger partial charge in [0.1, 0.15) is 30.7 Å². The zero-order valence-electron chi connectivity index (χ0n) is 18.6. The fourth-order valence-corrected chi connectivity index (χ4v) is 3.86. The zero-order chi connectivity index (χ0) is 23.5. The van der Waals surface area contributed by atoms with Crippen LogP contribution in [0, 0.1) is 0 Å². The Morgan fingerprint density at radius 3 is 2.88 bits per heavy atom. The fourth-order valence-electron chi connectivity index (χ4n) is 3.86. The highest BCUT2D eigenvalue weighted by Gasteiger charge is 2.33. The topological polar surface area (TPSA) is 130 Å². The van der Waals surface area contributed by atoms with Gasteiger partial charge in [0.25, 0.3) is 11.4 Å². The van der Waals surface area contributed by atoms with Gasteiger partial charge in [-0.2, -0.15) is 9.97 Å². The van der Waals surface area contributed by atoms with Gasteiger partial charge in [0, 0.05) is 19.2 Å². The van der Waals surface area contributed by atoms with Gasteiger partial charge in [0.15, 0.2) is 11.4 Å². The first kappa shape index (κ1) is 21.9. The van der Waals surface area contributed by atoms with Gasteiger partial charge in [-0.15, -0.1) is 0 Å². The Labute approximate surface area is 194 Å². The van der Waals surface area contributed by atoms with E-state index < -0.39 is 6.09 Å². The number of anilines is 1. The number of methoxy groups -OCH3 is 1. The van der Waals surface area contributed by atoms with Gasteiger partial charge >= 0.3 is 6.09 Å². The first-order chi connectivity index (χ1) is 16.6. The van der Waals surface area contributed by atoms with Crippen molar-refractivity contribution < 1.29 is 23.7 Å². The molecule has 3 aromatic rings. The summed E-state index contributed by atoms with van der Waals surface area (Å²) in [7, 11) is 1.52. The third-order valence-corrected chi connectivity index (χ3v) is 5.57. The minimum absolute atomic E-state index is 0.234. The quantitative estimate of drug-likeness (QED) is 0.477. The number of nitrogens with zero attached hydrogens (tertiary/aromatic N) is 5. The van der Waals surface area contributed by atoms with Gasteiger partial charge < -0.3 is 24.3 Å². The molecule has 0 aromatic carbocycles. The molecule has 1 N–H and O–H groups in total. The van der Waals surface area contributed by atoms with Gasteiger partial charge in [-0.1, -0.05) is 0 Å². The summed E-state index contributed by atoms with van der Waals surface area (Å²) in [6.45, 7) is 2.85. The van der Waals surface area contributed by atoms with Crippen molar-refractivity contribution in [3.8, 4) is 17.5 Å². The van der Waals surface area contributed by atoms with Crippen molar-refractivity contribution in [1.29, 1.82) is 0 Å². The summed E-state index contributed by atoms with van der Waals surface area (Å²) in [6, 6.07) is 6.93. The Bertz CT molecular complexity index is 1260. The van der Waals surface area contributed by atoms with Crippen molar-refractivity contribution in [1.82, 2.24) is 24.8 Å². The standard InChI is InChI=1S/C22H24N6O6/c1-31-18-5-2-15-20(26-18)27(19(29)12-24-15)9-8-23-7-6-14-13-28(22(30)34-14)17-4-3-16-21(25-17)33-11-10-32-16/h2-5,12,14,23H,6-11,13H2,1H3. The first-order valence-corrected chi connectivity index (χ1v) is 11.0. The summed E-state index contributed by atoms with van der Waals surface area (Å²) in [5, 5.41) is 3.29. The number of pyridine rings is 2. The van der Waals surface area contributed by atoms with Crippen LogP contribution >= 0.6 is 0 Å². The van der Waals surface area contributed by atoms with Crippen LogP contribution in [0.15, 0.2) is 35.3 Å². The van der Waals surface area contributed by atoms with Crippen LogP contribution in [0.5, 0.6) is 17.5 Å². The molecule has 0 saturated carbocycles. The number of carbonyl (C=O) groups excluding carboxylic acids is 1. The van der Waals surface area contributed by atoms with E-state index in [1.54, 1.807) is 28.8 Å². The molecule has 0 aliphatic carbocycles. The van der Waals surface area contributed by atoms with Crippen LogP contribution in [0.2, 0.25) is 0 Å². The van der Waals surface area contributed by atoms with E-state index >= 15 is 0 Å². The molecule has 0 radical (unpaired) electrons. The maximum atomic E-state index is 12.4. The van der Waals surface area contributed by atoms with Crippen molar-refractivity contribution in [2.45, 2.75) is 19.1 Å². The minimum atomic E-state index is -0.441. The second kappa shape index (κ2) is 9.51. The Kier molecular flexibility index (Phi) is 6.12. The van der Waals surface area contributed by atoms with E-state index in [4.69, 9.17) is 18.9 Å². The normalized spacial score (nSPS) is 17.1. The van der Waals surface area contributed by atoms with Crippen LogP contribution in [0.4, 0.5) is 10.6 Å². The molecule has 178 valence electrons. The number of amides is 1. The Morgan fingerprint density at radius 1 is 1.12 bits per heavy atom. The van der Waals surface area contributed by atoms with Crippen LogP contribution in [-0.2, 0) is 11.3 Å². The number of cyclic esters (lactones) is 1. The maximum absolute atomic E-state index is 12.4. The van der Waals surface area contributed by atoms with Crippen molar-refractivity contribution >= 4 is 23.1 Å². The SMILES string of the molecule is COc1ccc2ncc(=O)n(CCNCCC3CN(c4ccc5c(n4)OCCO5)C(=O)O3)c2n1. The molecular formula is C22H24N6O6. The smallest absolute Gasteiger partial charge is 0.415 e. The maximum Gasteiger partial charge on any atom is 0.415 e. The second-order valence-electron chi connectivity index (χ2n) is 7.77. The number of aromatic nitrogens is 4. The third kappa shape index (κ3) is 4.44. The number of ether oxygens (including phenoxy) is 4. The molecule has 0 bridgehead atoms. The second-order valence-corrected chi connectivity index (χ2v) is 7.77. The van der Waals surface area contributed by atoms with Crippen molar-refractivity contribution in [3.05, 3.63) is 40.8 Å². The molecule has 1 unspecified atom stereocenters. The molecule has 2 aliphatic rings. The molecular weight excluding hydrogens is 444 g/mol. The summed E-state index contributed by atoms with van der Waals surface area (Å²) < 4.78 is 23.2. The molecule has 3 aromatic heterocycles. The molecule has 1 saturated heterocycles. The lowest BCUT2D eigenvalue weighted by Crippen LogP contribution is -2.30. The average molecular weight is 468 g/mol. The molecule has 34 heavy (non-hydrogen) atoms. The highest BCUT2D eigenvalue weighted by molar-refractivity contribution is 5.88. The van der Waals surface area contributed by atoms with Crippen molar-refractivity contribution in [2.75, 3.05) is 44.9 Å². The van der Waals surface area contributed by atoms with E-state index in [1.807, 2.05) is 0 Å². The van der Waals surface area contributed by atoms with E-state index in [1.165, 1.54) is 18.2 Å². The number of carbonyl (C=O) groups is 1. The molecule has 0 spiro atoms. The number of nitrogens with one attached hydrogen (secondary N) is 1. The molecule has 1 amide bonds. The molecule has 2 aliphatic heterocycles. The van der Waals surface area contributed by atoms with Gasteiger partial charge in [-0.05, 0) is 31.2 Å². The Morgan fingerprint density at radius 2 is 2.00 bits per heavy atom. The highest BCUT2D eigenvalue weighted by atomic mass is 16.6. The lowest BCUT2D eigenvalue weighted by atomic mass is 10.2. The van der Waals surface area contributed by atoms with E-state index in [2.05, 4.69) is 20.3 Å². The molecule has 1 fully saturated rings. The largest absolute Gasteiger partial charge is 0.484 e. The lowest BCUT2D eigenvalue weighted by molar-refractivity contribution is 0.136. The van der Waals surface area contributed by atoms with Crippen LogP contribution in [0.3, 0.4) is 0 Å². The molecule has 1 atom stereocenters. The van der Waals surface area contributed by atoms with Crippen molar-refractivity contribution in [2.24, 2.45) is 0 Å². The highest BCUT2D eigenvalue weighted by Crippen LogP contribution is 2.31. The van der Waals surface area contributed by atoms with E-state index in [9.17, 15) is 9.59 Å². The van der Waals surface area contributed by atoms with Gasteiger partial charge in [0.05, 0.1) is 19.9 Å². The van der Waals surface area contributed by atoms with Crippen LogP contribution in [0.25, 0.3) is 11.2 Å². The molecule has 12 heteroatoms. The fraction of sp³-hybridized carbons (Fsp3) is 0.409. The molecule has 5 rings (SSSR count). The minimum Gasteiger partial charge on any atom is -0.484 e. The lowest BCUT2D eigenvalue weighted by Gasteiger charge is -2.19. The van der Waals surface area contributed by atoms with Crippen LogP contribution in [-0.4, -0.2) is 71.7 Å². The summed E-state index contributed by atoms with van der Waals surface area (Å²) in [5.74, 6) is 1.84. The summed E-state index contributed by atoms with van der Waals surface area (Å²) in [5.41, 5.74) is 0.856. The number of fused-ring (bicyclic) bond motifs is 2. The van der Waals surface area contributed by atoms with Gasteiger partial charge in [-0.3, -0.25) is 14.3 Å². The van der Waals surface area contributed by atoms with Crippen LogP contribution in [0.1, 0.15) is 6.42 Å². The number of hydrogen-bond donors (Lipinski definition) is 1. The van der Waals surface area contributed by atoms with Crippen molar-refractivity contribution in [3.63, 3.8) is 0 Å². The predicted molar refractivity (Wildman–Crippen MR) is 121 cm³/mol. The van der Waals surface area contributed by atoms with Crippen LogP contribution < -0.4 is 30.0 Å². The third-order valence-electron chi connectivity index (χ3n) is 5.57. The molecule has 5 heterocycles. The molecule has 12 nitrogen and oxygen atoms in total. The first-order valence-electron chi connectivity index (χ1n) is 11.0. The zero-order valence-corrected chi connectivity index (χ0v) is 18.6. The number of rotatable bonds is 8. The monoisotopic (exact) mass is 468 g/mol. The summed E-state index contributed by atoms with van der Waals surface area (Å²) in [6.07, 6.45) is 1.19. The summed E-state index contributed by atoms with van der Waals surface area (Å²) >= 11 is 0. The Balaban J connectivity index is 1.14. The van der Waals surface area contributed by atoms with E-state index in [0.29, 0.717) is 80.3 Å². The van der Waals surface area contributed by atoms with Gasteiger partial charge in [-0.25, -0.2) is 9.78 Å².